The maximum atomic E-state index is 12.4. The summed E-state index contributed by atoms with van der Waals surface area (Å²) in [6, 6.07) is 2.11. The van der Waals surface area contributed by atoms with Crippen LogP contribution in [0.15, 0.2) is 22.2 Å². The molecule has 0 aromatic carbocycles. The van der Waals surface area contributed by atoms with E-state index in [0.29, 0.717) is 12.3 Å². The first-order valence-electron chi connectivity index (χ1n) is 8.13. The summed E-state index contributed by atoms with van der Waals surface area (Å²) in [5.74, 6) is 0.294. The molecule has 0 saturated carbocycles. The Morgan fingerprint density at radius 1 is 1.26 bits per heavy atom. The van der Waals surface area contributed by atoms with E-state index in [-0.39, 0.29) is 0 Å². The van der Waals surface area contributed by atoms with Crippen LogP contribution >= 0.6 is 22.7 Å². The van der Waals surface area contributed by atoms with Gasteiger partial charge in [0.25, 0.3) is 0 Å². The minimum atomic E-state index is 0.294. The van der Waals surface area contributed by atoms with Gasteiger partial charge in [0.15, 0.2) is 0 Å². The lowest BCUT2D eigenvalue weighted by Crippen LogP contribution is -2.35. The van der Waals surface area contributed by atoms with Crippen molar-refractivity contribution in [2.45, 2.75) is 32.7 Å². The largest absolute Gasteiger partial charge is 0.341 e. The number of hydrogen-bond donors (Lipinski definition) is 0. The highest BCUT2D eigenvalue weighted by Gasteiger charge is 2.19. The van der Waals surface area contributed by atoms with E-state index in [1.165, 1.54) is 5.56 Å². The Morgan fingerprint density at radius 2 is 2.17 bits per heavy atom. The van der Waals surface area contributed by atoms with E-state index >= 15 is 0 Å². The van der Waals surface area contributed by atoms with Gasteiger partial charge in [-0.3, -0.25) is 9.69 Å². The van der Waals surface area contributed by atoms with E-state index in [1.807, 2.05) is 11.8 Å². The maximum absolute atomic E-state index is 12.4. The van der Waals surface area contributed by atoms with Crippen molar-refractivity contribution in [3.05, 3.63) is 38.5 Å². The summed E-state index contributed by atoms with van der Waals surface area (Å²) in [6.45, 7) is 6.66. The fourth-order valence-electron chi connectivity index (χ4n) is 2.93. The molecular weight excluding hydrogens is 326 g/mol. The van der Waals surface area contributed by atoms with Gasteiger partial charge in [-0.05, 0) is 42.2 Å². The number of aryl methyl sites for hydroxylation is 2. The summed E-state index contributed by atoms with van der Waals surface area (Å²) in [5.41, 5.74) is 2.43. The van der Waals surface area contributed by atoms with Crippen LogP contribution in [0.3, 0.4) is 0 Å². The number of nitrogens with zero attached hydrogens (tertiary/aromatic N) is 3. The average molecular weight is 350 g/mol. The summed E-state index contributed by atoms with van der Waals surface area (Å²) < 4.78 is 0. The molecule has 1 amide bonds. The molecule has 1 saturated heterocycles. The molecule has 1 fully saturated rings. The van der Waals surface area contributed by atoms with Gasteiger partial charge in [0.05, 0.1) is 10.7 Å². The smallest absolute Gasteiger partial charge is 0.222 e. The quantitative estimate of drug-likeness (QED) is 0.832. The molecular formula is C17H23N3OS2. The average Bonchev–Trinajstić information content (AvgIpc) is 3.13. The molecule has 0 N–H and O–H groups in total. The van der Waals surface area contributed by atoms with Crippen LogP contribution in [0.5, 0.6) is 0 Å². The predicted octanol–water partition coefficient (Wildman–Crippen LogP) is 3.18. The molecule has 0 spiro atoms. The molecule has 0 unspecified atom stereocenters. The first kappa shape index (κ1) is 16.6. The van der Waals surface area contributed by atoms with E-state index in [9.17, 15) is 4.79 Å². The highest BCUT2D eigenvalue weighted by atomic mass is 32.1. The molecule has 6 heteroatoms. The number of carbonyl (C=O) groups is 1. The van der Waals surface area contributed by atoms with Crippen molar-refractivity contribution in [3.8, 4) is 0 Å². The van der Waals surface area contributed by atoms with Gasteiger partial charge >= 0.3 is 0 Å². The second-order valence-corrected chi connectivity index (χ2v) is 7.84. The molecule has 1 aliphatic heterocycles. The molecule has 2 aromatic rings. The molecule has 1 aliphatic rings. The lowest BCUT2D eigenvalue weighted by Gasteiger charge is -2.21. The van der Waals surface area contributed by atoms with Crippen LogP contribution in [0.1, 0.15) is 29.1 Å². The molecule has 124 valence electrons. The molecule has 3 heterocycles. The number of thiazole rings is 1. The normalized spacial score (nSPS) is 16.5. The molecule has 0 atom stereocenters. The van der Waals surface area contributed by atoms with Crippen LogP contribution < -0.4 is 0 Å². The summed E-state index contributed by atoms with van der Waals surface area (Å²) in [4.78, 5) is 21.4. The molecule has 3 rings (SSSR count). The fraction of sp³-hybridized carbons (Fsp3) is 0.529. The zero-order valence-corrected chi connectivity index (χ0v) is 15.2. The Labute approximate surface area is 145 Å². The second-order valence-electron chi connectivity index (χ2n) is 6.00. The van der Waals surface area contributed by atoms with E-state index in [1.54, 1.807) is 22.7 Å². The number of amides is 1. The fourth-order valence-corrected chi connectivity index (χ4v) is 4.24. The van der Waals surface area contributed by atoms with Crippen molar-refractivity contribution in [1.29, 1.82) is 0 Å². The van der Waals surface area contributed by atoms with Crippen molar-refractivity contribution >= 4 is 28.6 Å². The monoisotopic (exact) mass is 349 g/mol. The molecule has 2 aromatic heterocycles. The van der Waals surface area contributed by atoms with Crippen molar-refractivity contribution in [3.63, 3.8) is 0 Å². The summed E-state index contributed by atoms with van der Waals surface area (Å²) in [7, 11) is 0. The van der Waals surface area contributed by atoms with Crippen molar-refractivity contribution in [2.75, 3.05) is 26.2 Å². The van der Waals surface area contributed by atoms with Crippen molar-refractivity contribution in [1.82, 2.24) is 14.8 Å². The number of rotatable bonds is 5. The Morgan fingerprint density at radius 3 is 2.91 bits per heavy atom. The Hall–Kier alpha value is -1.24. The number of hydrogen-bond acceptors (Lipinski definition) is 5. The third kappa shape index (κ3) is 4.86. The van der Waals surface area contributed by atoms with Gasteiger partial charge in [0.1, 0.15) is 0 Å². The zero-order chi connectivity index (χ0) is 16.1. The summed E-state index contributed by atoms with van der Waals surface area (Å²) >= 11 is 3.40. The molecule has 0 aliphatic carbocycles. The van der Waals surface area contributed by atoms with Gasteiger partial charge in [-0.2, -0.15) is 11.3 Å². The van der Waals surface area contributed by atoms with Crippen LogP contribution in [0.2, 0.25) is 0 Å². The highest BCUT2D eigenvalue weighted by molar-refractivity contribution is 7.09. The number of thiophene rings is 1. The summed E-state index contributed by atoms with van der Waals surface area (Å²) in [6.07, 6.45) is 2.54. The van der Waals surface area contributed by atoms with Crippen LogP contribution in [-0.2, 0) is 17.8 Å². The molecule has 4 nitrogen and oxygen atoms in total. The van der Waals surface area contributed by atoms with Gasteiger partial charge in [-0.1, -0.05) is 0 Å². The molecule has 0 bridgehead atoms. The Balaban J connectivity index is 1.46. The van der Waals surface area contributed by atoms with Gasteiger partial charge in [-0.15, -0.1) is 11.3 Å². The maximum Gasteiger partial charge on any atom is 0.222 e. The third-order valence-electron chi connectivity index (χ3n) is 4.20. The number of carbonyl (C=O) groups excluding carboxylic acids is 1. The minimum absolute atomic E-state index is 0.294. The van der Waals surface area contributed by atoms with Gasteiger partial charge in [0.2, 0.25) is 5.91 Å². The van der Waals surface area contributed by atoms with Crippen molar-refractivity contribution < 1.29 is 4.79 Å². The van der Waals surface area contributed by atoms with Crippen molar-refractivity contribution in [2.24, 2.45) is 0 Å². The highest BCUT2D eigenvalue weighted by Crippen LogP contribution is 2.14. The van der Waals surface area contributed by atoms with Crippen LogP contribution in [0.25, 0.3) is 0 Å². The van der Waals surface area contributed by atoms with Gasteiger partial charge in [0, 0.05) is 44.5 Å². The molecule has 23 heavy (non-hydrogen) atoms. The van der Waals surface area contributed by atoms with Crippen LogP contribution in [0.4, 0.5) is 0 Å². The Bertz CT molecular complexity index is 624. The zero-order valence-electron chi connectivity index (χ0n) is 13.5. The SMILES string of the molecule is Cc1nc(CN2CCCN(C(=O)CCc3ccsc3)CC2)cs1. The van der Waals surface area contributed by atoms with Gasteiger partial charge in [-0.25, -0.2) is 4.98 Å². The van der Waals surface area contributed by atoms with E-state index < -0.39 is 0 Å². The third-order valence-corrected chi connectivity index (χ3v) is 5.76. The Kier molecular flexibility index (Phi) is 5.80. The lowest BCUT2D eigenvalue weighted by molar-refractivity contribution is -0.131. The first-order chi connectivity index (χ1) is 11.2. The predicted molar refractivity (Wildman–Crippen MR) is 96.0 cm³/mol. The van der Waals surface area contributed by atoms with Crippen LogP contribution in [-0.4, -0.2) is 46.9 Å². The summed E-state index contributed by atoms with van der Waals surface area (Å²) in [5, 5.41) is 7.47. The standard InChI is InChI=1S/C17H23N3OS2/c1-14-18-16(13-23-14)11-19-6-2-7-20(9-8-19)17(21)4-3-15-5-10-22-12-15/h5,10,12-13H,2-4,6-9,11H2,1H3. The topological polar surface area (TPSA) is 36.4 Å². The van der Waals surface area contributed by atoms with E-state index in [0.717, 1.165) is 56.3 Å². The molecule has 0 radical (unpaired) electrons. The van der Waals surface area contributed by atoms with Gasteiger partial charge < -0.3 is 4.90 Å². The van der Waals surface area contributed by atoms with E-state index in [4.69, 9.17) is 0 Å². The van der Waals surface area contributed by atoms with E-state index in [2.05, 4.69) is 32.1 Å². The number of aromatic nitrogens is 1. The first-order valence-corrected chi connectivity index (χ1v) is 9.95. The second kappa shape index (κ2) is 8.04. The minimum Gasteiger partial charge on any atom is -0.341 e. The lowest BCUT2D eigenvalue weighted by atomic mass is 10.2. The van der Waals surface area contributed by atoms with Crippen LogP contribution in [0, 0.1) is 6.92 Å².